The van der Waals surface area contributed by atoms with Crippen LogP contribution in [0.5, 0.6) is 0 Å². The summed E-state index contributed by atoms with van der Waals surface area (Å²) in [6.07, 6.45) is 6.08. The summed E-state index contributed by atoms with van der Waals surface area (Å²) in [5.41, 5.74) is 14.3. The van der Waals surface area contributed by atoms with Gasteiger partial charge in [0.15, 0.2) is 0 Å². The SMILES string of the molecule is C=C(C)c1ccccc1-c1ccc(CC)cc1.CC.CC.CCC.CCCCC(C)=NCC.CN.CNN. The average molecular weight is 531 g/mol. The molecule has 0 unspecified atom stereocenters. The van der Waals surface area contributed by atoms with Crippen molar-refractivity contribution in [2.75, 3.05) is 20.6 Å². The van der Waals surface area contributed by atoms with Crippen molar-refractivity contribution in [2.24, 2.45) is 16.6 Å². The Morgan fingerprint density at radius 1 is 0.842 bits per heavy atom. The van der Waals surface area contributed by atoms with Crippen molar-refractivity contribution in [3.8, 4) is 11.1 Å². The first-order valence-corrected chi connectivity index (χ1v) is 14.7. The lowest BCUT2D eigenvalue weighted by Crippen LogP contribution is -2.13. The van der Waals surface area contributed by atoms with Crippen molar-refractivity contribution in [1.29, 1.82) is 0 Å². The Morgan fingerprint density at radius 2 is 1.29 bits per heavy atom. The fourth-order valence-corrected chi connectivity index (χ4v) is 2.81. The highest BCUT2D eigenvalue weighted by Gasteiger charge is 2.04. The molecular weight excluding hydrogens is 464 g/mol. The maximum absolute atomic E-state index is 4.60. The number of aliphatic imine (C=N–C) groups is 1. The normalized spacial score (nSPS) is 8.87. The molecule has 0 saturated heterocycles. The number of aryl methyl sites for hydroxylation is 1. The van der Waals surface area contributed by atoms with Crippen LogP contribution in [0.2, 0.25) is 0 Å². The van der Waals surface area contributed by atoms with E-state index < -0.39 is 0 Å². The molecule has 0 aliphatic heterocycles. The van der Waals surface area contributed by atoms with E-state index in [4.69, 9.17) is 0 Å². The van der Waals surface area contributed by atoms with Gasteiger partial charge in [-0.15, -0.1) is 0 Å². The molecule has 0 spiro atoms. The highest BCUT2D eigenvalue weighted by atomic mass is 15.2. The van der Waals surface area contributed by atoms with Crippen molar-refractivity contribution >= 4 is 11.3 Å². The molecule has 0 atom stereocenters. The van der Waals surface area contributed by atoms with E-state index in [1.54, 1.807) is 7.05 Å². The fourth-order valence-electron chi connectivity index (χ4n) is 2.81. The van der Waals surface area contributed by atoms with Gasteiger partial charge in [0.1, 0.15) is 0 Å². The zero-order valence-electron chi connectivity index (χ0n) is 27.7. The molecule has 0 amide bonds. The van der Waals surface area contributed by atoms with Crippen molar-refractivity contribution in [2.45, 2.75) is 108 Å². The first-order chi connectivity index (χ1) is 18.4. The molecule has 0 bridgehead atoms. The molecule has 222 valence electrons. The number of hydrazine groups is 1. The van der Waals surface area contributed by atoms with E-state index in [9.17, 15) is 0 Å². The molecule has 2 aromatic rings. The fraction of sp³-hybridized carbons (Fsp3) is 0.559. The highest BCUT2D eigenvalue weighted by molar-refractivity contribution is 5.81. The van der Waals surface area contributed by atoms with Crippen molar-refractivity contribution in [1.82, 2.24) is 5.43 Å². The molecule has 0 saturated carbocycles. The van der Waals surface area contributed by atoms with Crippen LogP contribution >= 0.6 is 0 Å². The summed E-state index contributed by atoms with van der Waals surface area (Å²) in [7, 11) is 3.15. The number of rotatable bonds is 7. The van der Waals surface area contributed by atoms with E-state index in [1.165, 1.54) is 60.7 Å². The zero-order valence-corrected chi connectivity index (χ0v) is 27.7. The van der Waals surface area contributed by atoms with Gasteiger partial charge in [0, 0.05) is 12.3 Å². The van der Waals surface area contributed by atoms with Crippen LogP contribution in [-0.2, 0) is 6.42 Å². The van der Waals surface area contributed by atoms with Gasteiger partial charge in [0.05, 0.1) is 0 Å². The minimum atomic E-state index is 0.940. The van der Waals surface area contributed by atoms with Gasteiger partial charge >= 0.3 is 0 Å². The number of nitrogens with two attached hydrogens (primary N) is 2. The van der Waals surface area contributed by atoms with Crippen LogP contribution in [0, 0.1) is 0 Å². The second-order valence-electron chi connectivity index (χ2n) is 7.69. The molecule has 0 radical (unpaired) electrons. The number of nitrogens with one attached hydrogen (secondary N) is 1. The van der Waals surface area contributed by atoms with Crippen molar-refractivity contribution in [3.05, 3.63) is 66.2 Å². The standard InChI is InChI=1S/C17H18.C8H17N.C3H8.2C2H6.CH6N2.CH5N/c1-4-14-9-11-15(12-10-14)17-8-6-5-7-16(17)13(2)3;1-4-6-7-8(3)9-5-2;1-3-2;2*1-2;1-3-2;1-2/h5-12H,2,4H2,1,3H3;4-7H2,1-3H3;3H2,1-2H3;2*1-2H3;3H,2H2,1H3;2H2,1H3. The molecule has 5 N–H and O–H groups in total. The van der Waals surface area contributed by atoms with E-state index >= 15 is 0 Å². The molecule has 2 aromatic carbocycles. The van der Waals surface area contributed by atoms with Crippen LogP contribution < -0.4 is 17.0 Å². The van der Waals surface area contributed by atoms with Gasteiger partial charge < -0.3 is 5.73 Å². The molecule has 2 rings (SSSR count). The Kier molecular flexibility index (Phi) is 47.1. The Bertz CT molecular complexity index is 732. The van der Waals surface area contributed by atoms with E-state index in [-0.39, 0.29) is 0 Å². The lowest BCUT2D eigenvalue weighted by atomic mass is 9.95. The Labute approximate surface area is 239 Å². The zero-order chi connectivity index (χ0) is 30.8. The van der Waals surface area contributed by atoms with Crippen LogP contribution in [0.15, 0.2) is 60.1 Å². The summed E-state index contributed by atoms with van der Waals surface area (Å²) in [6.45, 7) is 27.9. The number of nitrogens with zero attached hydrogens (tertiary/aromatic N) is 1. The molecule has 0 heterocycles. The van der Waals surface area contributed by atoms with Crippen LogP contribution in [0.3, 0.4) is 0 Å². The van der Waals surface area contributed by atoms with Gasteiger partial charge in [-0.1, -0.05) is 129 Å². The van der Waals surface area contributed by atoms with E-state index in [0.717, 1.165) is 18.5 Å². The number of unbranched alkanes of at least 4 members (excludes halogenated alkanes) is 1. The number of hydrogen-bond acceptors (Lipinski definition) is 4. The van der Waals surface area contributed by atoms with Crippen LogP contribution in [0.4, 0.5) is 0 Å². The van der Waals surface area contributed by atoms with Crippen LogP contribution in [0.1, 0.15) is 113 Å². The largest absolute Gasteiger partial charge is 0.333 e. The monoisotopic (exact) mass is 531 g/mol. The number of allylic oxidation sites excluding steroid dienone is 1. The smallest absolute Gasteiger partial charge is 0.0360 e. The molecule has 0 aliphatic rings. The maximum atomic E-state index is 4.60. The second-order valence-corrected chi connectivity index (χ2v) is 7.69. The average Bonchev–Trinajstić information content (AvgIpc) is 2.96. The van der Waals surface area contributed by atoms with Gasteiger partial charge in [-0.3, -0.25) is 16.3 Å². The predicted octanol–water partition coefficient (Wildman–Crippen LogP) is 9.73. The Hall–Kier alpha value is -2.27. The summed E-state index contributed by atoms with van der Waals surface area (Å²) in [6, 6.07) is 17.2. The van der Waals surface area contributed by atoms with Gasteiger partial charge in [0.2, 0.25) is 0 Å². The number of hydrogen-bond donors (Lipinski definition) is 3. The Balaban J connectivity index is -0.000000146. The predicted molar refractivity (Wildman–Crippen MR) is 181 cm³/mol. The second kappa shape index (κ2) is 39.2. The van der Waals surface area contributed by atoms with Crippen molar-refractivity contribution < 1.29 is 0 Å². The topological polar surface area (TPSA) is 76.4 Å². The van der Waals surface area contributed by atoms with E-state index in [1.807, 2.05) is 27.7 Å². The Morgan fingerprint density at radius 3 is 1.66 bits per heavy atom. The van der Waals surface area contributed by atoms with Gasteiger partial charge in [-0.05, 0) is 76.4 Å². The molecular formula is C34H66N4. The summed E-state index contributed by atoms with van der Waals surface area (Å²) in [4.78, 5) is 4.28. The molecule has 0 fully saturated rings. The molecule has 0 aromatic heterocycles. The van der Waals surface area contributed by atoms with E-state index in [2.05, 4.69) is 126 Å². The van der Waals surface area contributed by atoms with Crippen LogP contribution in [-0.4, -0.2) is 26.4 Å². The molecule has 0 aliphatic carbocycles. The molecule has 4 nitrogen and oxygen atoms in total. The van der Waals surface area contributed by atoms with E-state index in [0.29, 0.717) is 0 Å². The summed E-state index contributed by atoms with van der Waals surface area (Å²) in [5.74, 6) is 4.60. The molecule has 4 heteroatoms. The summed E-state index contributed by atoms with van der Waals surface area (Å²) >= 11 is 0. The number of benzene rings is 2. The first kappa shape index (κ1) is 45.6. The minimum Gasteiger partial charge on any atom is -0.333 e. The highest BCUT2D eigenvalue weighted by Crippen LogP contribution is 2.28. The first-order valence-electron chi connectivity index (χ1n) is 14.7. The lowest BCUT2D eigenvalue weighted by molar-refractivity contribution is 0.829. The van der Waals surface area contributed by atoms with Gasteiger partial charge in [-0.2, -0.15) is 0 Å². The quantitative estimate of drug-likeness (QED) is 0.189. The van der Waals surface area contributed by atoms with Gasteiger partial charge in [-0.25, -0.2) is 0 Å². The lowest BCUT2D eigenvalue weighted by Gasteiger charge is -2.09. The van der Waals surface area contributed by atoms with Crippen molar-refractivity contribution in [3.63, 3.8) is 0 Å². The minimum absolute atomic E-state index is 0.940. The third-order valence-corrected chi connectivity index (χ3v) is 4.38. The summed E-state index contributed by atoms with van der Waals surface area (Å²) < 4.78 is 0. The maximum Gasteiger partial charge on any atom is 0.0360 e. The third-order valence-electron chi connectivity index (χ3n) is 4.38. The summed E-state index contributed by atoms with van der Waals surface area (Å²) in [5, 5.41) is 0. The third kappa shape index (κ3) is 28.3. The molecule has 38 heavy (non-hydrogen) atoms. The van der Waals surface area contributed by atoms with Gasteiger partial charge in [0.25, 0.3) is 0 Å². The van der Waals surface area contributed by atoms with Crippen LogP contribution in [0.25, 0.3) is 16.7 Å².